The van der Waals surface area contributed by atoms with E-state index in [1.807, 2.05) is 24.5 Å². The number of nitrogens with zero attached hydrogens (tertiary/aromatic N) is 1. The molecule has 0 spiro atoms. The number of nitrogens with two attached hydrogens (primary N) is 1. The molecule has 0 saturated carbocycles. The summed E-state index contributed by atoms with van der Waals surface area (Å²) in [5, 5.41) is 0.789. The van der Waals surface area contributed by atoms with E-state index in [-0.39, 0.29) is 6.04 Å². The van der Waals surface area contributed by atoms with Gasteiger partial charge in [0.25, 0.3) is 0 Å². The monoisotopic (exact) mass is 256 g/mol. The second-order valence-corrected chi connectivity index (χ2v) is 4.37. The summed E-state index contributed by atoms with van der Waals surface area (Å²) in [6.45, 7) is 4.32. The van der Waals surface area contributed by atoms with Crippen LogP contribution in [0.1, 0.15) is 31.1 Å². The van der Waals surface area contributed by atoms with Crippen LogP contribution in [0.2, 0.25) is 0 Å². The highest BCUT2D eigenvalue weighted by Gasteiger charge is 2.30. The molecule has 0 aliphatic carbocycles. The Balaban J connectivity index is 2.68. The van der Waals surface area contributed by atoms with Crippen LogP contribution in [0.3, 0.4) is 0 Å². The maximum Gasteiger partial charge on any atom is 0.416 e. The Morgan fingerprint density at radius 1 is 1.28 bits per heavy atom. The summed E-state index contributed by atoms with van der Waals surface area (Å²) in [6, 6.07) is 5.43. The van der Waals surface area contributed by atoms with Crippen LogP contribution in [-0.2, 0) is 12.7 Å². The summed E-state index contributed by atoms with van der Waals surface area (Å²) in [4.78, 5) is 0. The summed E-state index contributed by atoms with van der Waals surface area (Å²) in [5.41, 5.74) is 6.65. The molecule has 1 aromatic heterocycles. The number of aromatic nitrogens is 1. The maximum absolute atomic E-state index is 12.7. The second kappa shape index (κ2) is 4.31. The molecule has 2 aromatic rings. The average molecular weight is 256 g/mol. The molecular weight excluding hydrogens is 241 g/mol. The van der Waals surface area contributed by atoms with Crippen molar-refractivity contribution in [1.82, 2.24) is 4.57 Å². The van der Waals surface area contributed by atoms with Crippen molar-refractivity contribution < 1.29 is 13.2 Å². The van der Waals surface area contributed by atoms with Gasteiger partial charge >= 0.3 is 6.18 Å². The zero-order chi connectivity index (χ0) is 13.5. The summed E-state index contributed by atoms with van der Waals surface area (Å²) < 4.78 is 39.9. The minimum absolute atomic E-state index is 0.202. The lowest BCUT2D eigenvalue weighted by atomic mass is 10.1. The average Bonchev–Trinajstić information content (AvgIpc) is 2.65. The number of benzene rings is 1. The van der Waals surface area contributed by atoms with Gasteiger partial charge in [0.2, 0.25) is 0 Å². The first kappa shape index (κ1) is 13.0. The van der Waals surface area contributed by atoms with Gasteiger partial charge in [0.15, 0.2) is 0 Å². The van der Waals surface area contributed by atoms with Crippen LogP contribution < -0.4 is 5.73 Å². The summed E-state index contributed by atoms with van der Waals surface area (Å²) >= 11 is 0. The van der Waals surface area contributed by atoms with Gasteiger partial charge in [-0.3, -0.25) is 0 Å². The fraction of sp³-hybridized carbons (Fsp3) is 0.385. The second-order valence-electron chi connectivity index (χ2n) is 4.37. The normalized spacial score (nSPS) is 14.1. The Morgan fingerprint density at radius 3 is 2.44 bits per heavy atom. The highest BCUT2D eigenvalue weighted by atomic mass is 19.4. The lowest BCUT2D eigenvalue weighted by molar-refractivity contribution is -0.137. The molecule has 98 valence electrons. The van der Waals surface area contributed by atoms with E-state index in [9.17, 15) is 13.2 Å². The van der Waals surface area contributed by atoms with E-state index in [2.05, 4.69) is 0 Å². The van der Waals surface area contributed by atoms with Crippen molar-refractivity contribution in [2.45, 2.75) is 32.6 Å². The topological polar surface area (TPSA) is 30.9 Å². The number of hydrogen-bond acceptors (Lipinski definition) is 1. The molecule has 1 atom stereocenters. The highest BCUT2D eigenvalue weighted by molar-refractivity contribution is 5.82. The largest absolute Gasteiger partial charge is 0.416 e. The molecule has 0 amide bonds. The summed E-state index contributed by atoms with van der Waals surface area (Å²) in [5.74, 6) is 0. The molecule has 1 aromatic carbocycles. The zero-order valence-corrected chi connectivity index (χ0v) is 10.3. The molecule has 0 aliphatic rings. The van der Waals surface area contributed by atoms with Gasteiger partial charge in [0.05, 0.1) is 5.56 Å². The SMILES string of the molecule is CCn1c(C(C)N)cc2ccc(C(F)(F)F)cc21. The predicted molar refractivity (Wildman–Crippen MR) is 65.2 cm³/mol. The highest BCUT2D eigenvalue weighted by Crippen LogP contribution is 2.33. The number of halogens is 3. The Bertz CT molecular complexity index is 567. The van der Waals surface area contributed by atoms with Crippen molar-refractivity contribution in [2.75, 3.05) is 0 Å². The Morgan fingerprint density at radius 2 is 1.94 bits per heavy atom. The van der Waals surface area contributed by atoms with E-state index in [4.69, 9.17) is 5.73 Å². The zero-order valence-electron chi connectivity index (χ0n) is 10.3. The molecule has 1 unspecified atom stereocenters. The first-order chi connectivity index (χ1) is 8.34. The van der Waals surface area contributed by atoms with Crippen LogP contribution in [0.15, 0.2) is 24.3 Å². The first-order valence-electron chi connectivity index (χ1n) is 5.80. The standard InChI is InChI=1S/C13H15F3N2/c1-3-18-11(8(2)17)6-9-4-5-10(7-12(9)18)13(14,15)16/h4-8H,3,17H2,1-2H3. The van der Waals surface area contributed by atoms with E-state index >= 15 is 0 Å². The van der Waals surface area contributed by atoms with Gasteiger partial charge in [-0.25, -0.2) is 0 Å². The van der Waals surface area contributed by atoms with Gasteiger partial charge in [-0.1, -0.05) is 6.07 Å². The van der Waals surface area contributed by atoms with Crippen LogP contribution in [-0.4, -0.2) is 4.57 Å². The lowest BCUT2D eigenvalue weighted by Crippen LogP contribution is -2.11. The van der Waals surface area contributed by atoms with Crippen molar-refractivity contribution in [3.8, 4) is 0 Å². The molecule has 2 rings (SSSR count). The molecule has 5 heteroatoms. The number of alkyl halides is 3. The van der Waals surface area contributed by atoms with Gasteiger partial charge in [0, 0.05) is 23.8 Å². The van der Waals surface area contributed by atoms with Crippen molar-refractivity contribution in [1.29, 1.82) is 0 Å². The molecule has 0 saturated heterocycles. The van der Waals surface area contributed by atoms with E-state index < -0.39 is 11.7 Å². The van der Waals surface area contributed by atoms with Gasteiger partial charge in [0.1, 0.15) is 0 Å². The smallest absolute Gasteiger partial charge is 0.343 e. The molecule has 2 nitrogen and oxygen atoms in total. The van der Waals surface area contributed by atoms with Crippen molar-refractivity contribution in [3.05, 3.63) is 35.5 Å². The quantitative estimate of drug-likeness (QED) is 0.872. The number of rotatable bonds is 2. The fourth-order valence-corrected chi connectivity index (χ4v) is 2.18. The third kappa shape index (κ3) is 2.10. The molecule has 0 fully saturated rings. The van der Waals surface area contributed by atoms with Gasteiger partial charge in [-0.15, -0.1) is 0 Å². The van der Waals surface area contributed by atoms with Crippen molar-refractivity contribution in [3.63, 3.8) is 0 Å². The number of aryl methyl sites for hydroxylation is 1. The molecule has 1 heterocycles. The molecule has 2 N–H and O–H groups in total. The Labute approximate surface area is 103 Å². The number of fused-ring (bicyclic) bond motifs is 1. The van der Waals surface area contributed by atoms with E-state index in [1.165, 1.54) is 12.1 Å². The number of hydrogen-bond donors (Lipinski definition) is 1. The molecule has 0 bridgehead atoms. The minimum atomic E-state index is -4.31. The first-order valence-corrected chi connectivity index (χ1v) is 5.80. The molecule has 18 heavy (non-hydrogen) atoms. The fourth-order valence-electron chi connectivity index (χ4n) is 2.18. The Kier molecular flexibility index (Phi) is 3.11. The van der Waals surface area contributed by atoms with Crippen LogP contribution in [0, 0.1) is 0 Å². The van der Waals surface area contributed by atoms with Crippen LogP contribution in [0.25, 0.3) is 10.9 Å². The van der Waals surface area contributed by atoms with Crippen LogP contribution in [0.4, 0.5) is 13.2 Å². The van der Waals surface area contributed by atoms with Crippen molar-refractivity contribution >= 4 is 10.9 Å². The van der Waals surface area contributed by atoms with Gasteiger partial charge in [-0.2, -0.15) is 13.2 Å². The van der Waals surface area contributed by atoms with E-state index in [0.717, 1.165) is 17.1 Å². The summed E-state index contributed by atoms with van der Waals surface area (Å²) in [6.07, 6.45) is -4.31. The molecular formula is C13H15F3N2. The maximum atomic E-state index is 12.7. The van der Waals surface area contributed by atoms with Crippen LogP contribution in [0.5, 0.6) is 0 Å². The predicted octanol–water partition coefficient (Wildman–Crippen LogP) is 3.70. The van der Waals surface area contributed by atoms with E-state index in [1.54, 1.807) is 0 Å². The van der Waals surface area contributed by atoms with Crippen molar-refractivity contribution in [2.24, 2.45) is 5.73 Å². The van der Waals surface area contributed by atoms with Gasteiger partial charge in [-0.05, 0) is 37.4 Å². The minimum Gasteiger partial charge on any atom is -0.343 e. The third-order valence-corrected chi connectivity index (χ3v) is 3.05. The Hall–Kier alpha value is -1.49. The van der Waals surface area contributed by atoms with E-state index in [0.29, 0.717) is 12.1 Å². The lowest BCUT2D eigenvalue weighted by Gasteiger charge is -2.11. The third-order valence-electron chi connectivity index (χ3n) is 3.05. The molecule has 0 aliphatic heterocycles. The van der Waals surface area contributed by atoms with Crippen LogP contribution >= 0.6 is 0 Å². The van der Waals surface area contributed by atoms with Gasteiger partial charge < -0.3 is 10.3 Å². The molecule has 0 radical (unpaired) electrons. The summed E-state index contributed by atoms with van der Waals surface area (Å²) in [7, 11) is 0.